The molecule has 4 atom stereocenters. The number of imide groups is 1. The second kappa shape index (κ2) is 10.9. The van der Waals surface area contributed by atoms with Gasteiger partial charge < -0.3 is 15.6 Å². The van der Waals surface area contributed by atoms with Crippen molar-refractivity contribution in [1.82, 2.24) is 25.5 Å². The fourth-order valence-electron chi connectivity index (χ4n) is 5.53. The Morgan fingerprint density at radius 3 is 2.56 bits per heavy atom. The van der Waals surface area contributed by atoms with Gasteiger partial charge in [-0.1, -0.05) is 24.3 Å². The predicted molar refractivity (Wildman–Crippen MR) is 143 cm³/mol. The van der Waals surface area contributed by atoms with E-state index in [1.807, 2.05) is 31.2 Å². The van der Waals surface area contributed by atoms with E-state index in [-0.39, 0.29) is 59.5 Å². The third kappa shape index (κ3) is 4.85. The molecule has 1 saturated heterocycles. The molecular formula is C25H33IN6O2. The molecule has 2 aromatic rings. The Kier molecular flexibility index (Phi) is 7.90. The molecule has 2 aliphatic carbocycles. The fourth-order valence-corrected chi connectivity index (χ4v) is 5.53. The van der Waals surface area contributed by atoms with E-state index < -0.39 is 0 Å². The van der Waals surface area contributed by atoms with Gasteiger partial charge in [0.05, 0.1) is 22.9 Å². The maximum absolute atomic E-state index is 12.8. The summed E-state index contributed by atoms with van der Waals surface area (Å²) in [6, 6.07) is 8.06. The number of carbonyl (C=O) groups is 2. The molecule has 8 nitrogen and oxygen atoms in total. The zero-order valence-corrected chi connectivity index (χ0v) is 21.8. The van der Waals surface area contributed by atoms with Crippen LogP contribution in [0.25, 0.3) is 11.0 Å². The van der Waals surface area contributed by atoms with E-state index in [1.54, 1.807) is 0 Å². The van der Waals surface area contributed by atoms with Gasteiger partial charge in [0, 0.05) is 32.6 Å². The van der Waals surface area contributed by atoms with Gasteiger partial charge in [-0.2, -0.15) is 0 Å². The first kappa shape index (κ1) is 24.7. The van der Waals surface area contributed by atoms with Crippen molar-refractivity contribution < 1.29 is 9.59 Å². The number of guanidine groups is 1. The smallest absolute Gasteiger partial charge is 0.233 e. The van der Waals surface area contributed by atoms with Gasteiger partial charge in [-0.3, -0.25) is 19.5 Å². The van der Waals surface area contributed by atoms with Gasteiger partial charge in [-0.25, -0.2) is 4.98 Å². The van der Waals surface area contributed by atoms with Crippen LogP contribution in [0.1, 0.15) is 32.0 Å². The van der Waals surface area contributed by atoms with Crippen LogP contribution < -0.4 is 10.6 Å². The maximum Gasteiger partial charge on any atom is 0.233 e. The molecule has 9 heteroatoms. The first-order chi connectivity index (χ1) is 16.2. The summed E-state index contributed by atoms with van der Waals surface area (Å²) in [5.41, 5.74) is 2.07. The van der Waals surface area contributed by atoms with Gasteiger partial charge in [0.25, 0.3) is 0 Å². The van der Waals surface area contributed by atoms with Gasteiger partial charge in [-0.15, -0.1) is 24.0 Å². The van der Waals surface area contributed by atoms with E-state index >= 15 is 0 Å². The average Bonchev–Trinajstić information content (AvgIpc) is 3.58. The highest BCUT2D eigenvalue weighted by Gasteiger charge is 2.58. The van der Waals surface area contributed by atoms with Crippen molar-refractivity contribution >= 4 is 52.8 Å². The van der Waals surface area contributed by atoms with Gasteiger partial charge >= 0.3 is 0 Å². The van der Waals surface area contributed by atoms with Crippen LogP contribution in [0, 0.1) is 23.7 Å². The Bertz CT molecular complexity index is 1030. The number of hydrogen-bond donors (Lipinski definition) is 3. The van der Waals surface area contributed by atoms with Crippen LogP contribution in [-0.4, -0.2) is 58.8 Å². The van der Waals surface area contributed by atoms with Crippen molar-refractivity contribution in [1.29, 1.82) is 0 Å². The molecule has 1 saturated carbocycles. The lowest BCUT2D eigenvalue weighted by Gasteiger charge is -2.17. The molecule has 1 aliphatic heterocycles. The Hall–Kier alpha value is -2.43. The SMILES string of the molecule is CCNC(=NCCCN1C(=O)C2C3C=CC(C3)C2C1=O)NCCCc1nc2ccccc2[nH]1.I. The van der Waals surface area contributed by atoms with E-state index in [0.717, 1.165) is 55.2 Å². The van der Waals surface area contributed by atoms with Gasteiger partial charge in [0.1, 0.15) is 5.82 Å². The van der Waals surface area contributed by atoms with Crippen molar-refractivity contribution in [3.63, 3.8) is 0 Å². The second-order valence-corrected chi connectivity index (χ2v) is 9.17. The maximum atomic E-state index is 12.8. The first-order valence-electron chi connectivity index (χ1n) is 12.1. The molecule has 34 heavy (non-hydrogen) atoms. The number of aliphatic imine (C=N–C) groups is 1. The minimum absolute atomic E-state index is 0. The number of nitrogens with zero attached hydrogens (tertiary/aromatic N) is 3. The van der Waals surface area contributed by atoms with Crippen molar-refractivity contribution in [2.75, 3.05) is 26.2 Å². The number of carbonyl (C=O) groups excluding carboxylic acids is 2. The molecular weight excluding hydrogens is 543 g/mol. The molecule has 2 fully saturated rings. The zero-order chi connectivity index (χ0) is 22.8. The van der Waals surface area contributed by atoms with Gasteiger partial charge in [-0.05, 0) is 50.2 Å². The van der Waals surface area contributed by atoms with E-state index in [2.05, 4.69) is 37.7 Å². The summed E-state index contributed by atoms with van der Waals surface area (Å²) >= 11 is 0. The number of H-pyrrole nitrogens is 1. The van der Waals surface area contributed by atoms with Crippen LogP contribution in [0.3, 0.4) is 0 Å². The van der Waals surface area contributed by atoms with Crippen LogP contribution >= 0.6 is 24.0 Å². The molecule has 5 rings (SSSR count). The van der Waals surface area contributed by atoms with E-state index in [1.165, 1.54) is 4.90 Å². The first-order valence-corrected chi connectivity index (χ1v) is 12.1. The van der Waals surface area contributed by atoms with E-state index in [4.69, 9.17) is 0 Å². The van der Waals surface area contributed by atoms with Crippen LogP contribution in [0.2, 0.25) is 0 Å². The highest BCUT2D eigenvalue weighted by molar-refractivity contribution is 14.0. The molecule has 3 N–H and O–H groups in total. The van der Waals surface area contributed by atoms with E-state index in [9.17, 15) is 9.59 Å². The van der Waals surface area contributed by atoms with Crippen molar-refractivity contribution in [2.45, 2.75) is 32.6 Å². The minimum atomic E-state index is -0.109. The van der Waals surface area contributed by atoms with Crippen molar-refractivity contribution in [3.05, 3.63) is 42.2 Å². The number of benzene rings is 1. The van der Waals surface area contributed by atoms with Crippen molar-refractivity contribution in [3.8, 4) is 0 Å². The molecule has 182 valence electrons. The Morgan fingerprint density at radius 1 is 1.12 bits per heavy atom. The number of aromatic nitrogens is 2. The molecule has 1 aromatic carbocycles. The summed E-state index contributed by atoms with van der Waals surface area (Å²) in [5, 5.41) is 6.63. The second-order valence-electron chi connectivity index (χ2n) is 9.17. The summed E-state index contributed by atoms with van der Waals surface area (Å²) in [6.07, 6.45) is 7.70. The van der Waals surface area contributed by atoms with E-state index in [0.29, 0.717) is 19.5 Å². The normalized spacial score (nSPS) is 25.2. The number of fused-ring (bicyclic) bond motifs is 6. The summed E-state index contributed by atoms with van der Waals surface area (Å²) in [4.78, 5) is 39.6. The summed E-state index contributed by atoms with van der Waals surface area (Å²) in [7, 11) is 0. The number of halogens is 1. The predicted octanol–water partition coefficient (Wildman–Crippen LogP) is 2.87. The Morgan fingerprint density at radius 2 is 1.85 bits per heavy atom. The number of likely N-dealkylation sites (tertiary alicyclic amines) is 1. The Labute approximate surface area is 217 Å². The summed E-state index contributed by atoms with van der Waals surface area (Å²) in [6.45, 7) is 4.62. The molecule has 2 heterocycles. The number of aromatic amines is 1. The number of para-hydroxylation sites is 2. The number of rotatable bonds is 9. The van der Waals surface area contributed by atoms with Crippen LogP contribution in [0.15, 0.2) is 41.4 Å². The third-order valence-electron chi connectivity index (χ3n) is 7.04. The molecule has 2 amide bonds. The molecule has 2 bridgehead atoms. The summed E-state index contributed by atoms with van der Waals surface area (Å²) in [5.74, 6) is 2.13. The standard InChI is InChI=1S/C25H32N6O2.HI/c1-2-26-25(27-12-5-9-20-29-18-7-3-4-8-19(18)30-20)28-13-6-14-31-23(32)21-16-10-11-17(15-16)22(21)24(31)33;/h3-4,7-8,10-11,16-17,21-22H,2,5-6,9,12-15H2,1H3,(H,29,30)(H2,26,27,28);1H. The fraction of sp³-hybridized carbons (Fsp3) is 0.520. The topological polar surface area (TPSA) is 102 Å². The van der Waals surface area contributed by atoms with Crippen LogP contribution in [0.5, 0.6) is 0 Å². The highest BCUT2D eigenvalue weighted by atomic mass is 127. The lowest BCUT2D eigenvalue weighted by molar-refractivity contribution is -0.140. The van der Waals surface area contributed by atoms with Gasteiger partial charge in [0.15, 0.2) is 5.96 Å². The lowest BCUT2D eigenvalue weighted by atomic mass is 9.85. The number of hydrogen-bond acceptors (Lipinski definition) is 4. The van der Waals surface area contributed by atoms with Gasteiger partial charge in [0.2, 0.25) is 11.8 Å². The van der Waals surface area contributed by atoms with Crippen LogP contribution in [-0.2, 0) is 16.0 Å². The number of aryl methyl sites for hydroxylation is 1. The quantitative estimate of drug-likeness (QED) is 0.107. The zero-order valence-electron chi connectivity index (χ0n) is 19.5. The monoisotopic (exact) mass is 576 g/mol. The largest absolute Gasteiger partial charge is 0.357 e. The molecule has 1 aromatic heterocycles. The van der Waals surface area contributed by atoms with Crippen molar-refractivity contribution in [2.24, 2.45) is 28.7 Å². The molecule has 0 spiro atoms. The molecule has 3 aliphatic rings. The lowest BCUT2D eigenvalue weighted by Crippen LogP contribution is -2.38. The highest BCUT2D eigenvalue weighted by Crippen LogP contribution is 2.52. The Balaban J connectivity index is 0.00000274. The van der Waals surface area contributed by atoms with Crippen LogP contribution in [0.4, 0.5) is 0 Å². The average molecular weight is 576 g/mol. The number of imidazole rings is 1. The molecule has 0 radical (unpaired) electrons. The number of allylic oxidation sites excluding steroid dienone is 2. The number of nitrogens with one attached hydrogen (secondary N) is 3. The summed E-state index contributed by atoms with van der Waals surface area (Å²) < 4.78 is 0. The third-order valence-corrected chi connectivity index (χ3v) is 7.04. The number of amides is 2. The molecule has 4 unspecified atom stereocenters. The minimum Gasteiger partial charge on any atom is -0.357 e.